The average Bonchev–Trinajstić information content (AvgIpc) is 2.75. The van der Waals surface area contributed by atoms with Crippen LogP contribution in [0.1, 0.15) is 5.56 Å². The fourth-order valence-corrected chi connectivity index (χ4v) is 2.71. The minimum absolute atomic E-state index is 0.236. The number of rotatable bonds is 9. The van der Waals surface area contributed by atoms with E-state index in [0.29, 0.717) is 40.1 Å². The molecular weight excluding hydrogens is 390 g/mol. The van der Waals surface area contributed by atoms with Gasteiger partial charge in [0.25, 0.3) is 0 Å². The van der Waals surface area contributed by atoms with Crippen LogP contribution in [-0.4, -0.2) is 47.4 Å². The Labute approximate surface area is 172 Å². The molecule has 10 heteroatoms. The van der Waals surface area contributed by atoms with E-state index < -0.39 is 5.97 Å². The molecule has 2 aromatic heterocycles. The standard InChI is InChI=1S/C20H21N5O5/c1-28-14-9-13(10-15(29-2)18(14)30-3)23-20-22-11-12(8-17(26)27)19(25-20)24-16-6-4-5-7-21-16/h4-7,9-11H,8H2,1-3H3,(H,26,27)(H2,21,22,23,24,25). The van der Waals surface area contributed by atoms with Crippen LogP contribution in [0.3, 0.4) is 0 Å². The SMILES string of the molecule is COc1cc(Nc2ncc(CC(=O)O)c(Nc3ccccn3)n2)cc(OC)c1OC. The van der Waals surface area contributed by atoms with Crippen molar-refractivity contribution in [3.63, 3.8) is 0 Å². The Morgan fingerprint density at radius 3 is 2.33 bits per heavy atom. The monoisotopic (exact) mass is 411 g/mol. The van der Waals surface area contributed by atoms with Gasteiger partial charge in [0.05, 0.1) is 27.8 Å². The van der Waals surface area contributed by atoms with Crippen LogP contribution in [0.5, 0.6) is 17.2 Å². The molecule has 0 amide bonds. The van der Waals surface area contributed by atoms with Crippen LogP contribution in [0.25, 0.3) is 0 Å². The zero-order valence-corrected chi connectivity index (χ0v) is 16.7. The molecular formula is C20H21N5O5. The summed E-state index contributed by atoms with van der Waals surface area (Å²) in [5.74, 6) is 1.51. The second-order valence-corrected chi connectivity index (χ2v) is 6.02. The quantitative estimate of drug-likeness (QED) is 0.483. The average molecular weight is 411 g/mol. The lowest BCUT2D eigenvalue weighted by atomic mass is 10.2. The number of ether oxygens (including phenoxy) is 3. The molecule has 0 bridgehead atoms. The lowest BCUT2D eigenvalue weighted by Crippen LogP contribution is -2.09. The number of pyridine rings is 1. The number of aromatic nitrogens is 3. The third-order valence-electron chi connectivity index (χ3n) is 4.04. The Hall–Kier alpha value is -4.08. The third kappa shape index (κ3) is 4.85. The van der Waals surface area contributed by atoms with Gasteiger partial charge >= 0.3 is 5.97 Å². The van der Waals surface area contributed by atoms with E-state index in [1.807, 2.05) is 6.07 Å². The fraction of sp³-hybridized carbons (Fsp3) is 0.200. The van der Waals surface area contributed by atoms with Crippen molar-refractivity contribution in [3.05, 3.63) is 48.3 Å². The van der Waals surface area contributed by atoms with Crippen molar-refractivity contribution >= 4 is 29.2 Å². The maximum absolute atomic E-state index is 11.2. The van der Waals surface area contributed by atoms with Crippen molar-refractivity contribution in [1.29, 1.82) is 0 Å². The van der Waals surface area contributed by atoms with Crippen molar-refractivity contribution in [1.82, 2.24) is 15.0 Å². The molecule has 0 unspecified atom stereocenters. The van der Waals surface area contributed by atoms with E-state index in [9.17, 15) is 9.90 Å². The number of anilines is 4. The first-order valence-electron chi connectivity index (χ1n) is 8.86. The minimum Gasteiger partial charge on any atom is -0.493 e. The minimum atomic E-state index is -0.993. The van der Waals surface area contributed by atoms with Crippen LogP contribution in [0, 0.1) is 0 Å². The summed E-state index contributed by atoms with van der Waals surface area (Å²) in [4.78, 5) is 24.0. The third-order valence-corrected chi connectivity index (χ3v) is 4.04. The second kappa shape index (κ2) is 9.41. The second-order valence-electron chi connectivity index (χ2n) is 6.02. The topological polar surface area (TPSA) is 128 Å². The number of nitrogens with one attached hydrogen (secondary N) is 2. The summed E-state index contributed by atoms with van der Waals surface area (Å²) in [7, 11) is 4.56. The van der Waals surface area contributed by atoms with Crippen molar-refractivity contribution in [2.45, 2.75) is 6.42 Å². The van der Waals surface area contributed by atoms with Gasteiger partial charge < -0.3 is 30.0 Å². The highest BCUT2D eigenvalue weighted by Crippen LogP contribution is 2.40. The van der Waals surface area contributed by atoms with Crippen LogP contribution in [0.15, 0.2) is 42.7 Å². The van der Waals surface area contributed by atoms with Crippen LogP contribution >= 0.6 is 0 Å². The lowest BCUT2D eigenvalue weighted by molar-refractivity contribution is -0.136. The summed E-state index contributed by atoms with van der Waals surface area (Å²) in [5, 5.41) is 15.3. The predicted molar refractivity (Wildman–Crippen MR) is 110 cm³/mol. The molecule has 0 saturated heterocycles. The summed E-state index contributed by atoms with van der Waals surface area (Å²) >= 11 is 0. The molecule has 2 heterocycles. The van der Waals surface area contributed by atoms with Gasteiger partial charge in [-0.3, -0.25) is 4.79 Å². The number of hydrogen-bond donors (Lipinski definition) is 3. The molecule has 0 spiro atoms. The van der Waals surface area contributed by atoms with Gasteiger partial charge in [0.2, 0.25) is 11.7 Å². The van der Waals surface area contributed by atoms with E-state index in [2.05, 4.69) is 25.6 Å². The Morgan fingerprint density at radius 2 is 1.77 bits per heavy atom. The first-order chi connectivity index (χ1) is 14.5. The number of carboxylic acids is 1. The van der Waals surface area contributed by atoms with Crippen molar-refractivity contribution in [2.75, 3.05) is 32.0 Å². The maximum Gasteiger partial charge on any atom is 0.308 e. The van der Waals surface area contributed by atoms with Crippen LogP contribution in [0.4, 0.5) is 23.3 Å². The molecule has 156 valence electrons. The Kier molecular flexibility index (Phi) is 6.48. The summed E-state index contributed by atoms with van der Waals surface area (Å²) < 4.78 is 16.0. The first kappa shape index (κ1) is 20.6. The summed E-state index contributed by atoms with van der Waals surface area (Å²) in [5.41, 5.74) is 1.02. The summed E-state index contributed by atoms with van der Waals surface area (Å²) in [6.07, 6.45) is 2.84. The van der Waals surface area contributed by atoms with Gasteiger partial charge in [-0.05, 0) is 12.1 Å². The predicted octanol–water partition coefficient (Wildman–Crippen LogP) is 3.01. The molecule has 3 rings (SSSR count). The number of carbonyl (C=O) groups is 1. The molecule has 0 atom stereocenters. The van der Waals surface area contributed by atoms with Crippen LogP contribution in [-0.2, 0) is 11.2 Å². The van der Waals surface area contributed by atoms with E-state index in [1.54, 1.807) is 30.5 Å². The van der Waals surface area contributed by atoms with Crippen LogP contribution in [0.2, 0.25) is 0 Å². The maximum atomic E-state index is 11.2. The van der Waals surface area contributed by atoms with Gasteiger partial charge in [-0.1, -0.05) is 6.07 Å². The van der Waals surface area contributed by atoms with E-state index in [4.69, 9.17) is 14.2 Å². The molecule has 0 aliphatic heterocycles. The van der Waals surface area contributed by atoms with Gasteiger partial charge in [-0.2, -0.15) is 4.98 Å². The molecule has 0 aliphatic rings. The van der Waals surface area contributed by atoms with Gasteiger partial charge in [-0.25, -0.2) is 9.97 Å². The molecule has 3 N–H and O–H groups in total. The van der Waals surface area contributed by atoms with Gasteiger partial charge in [-0.15, -0.1) is 0 Å². The molecule has 0 aliphatic carbocycles. The van der Waals surface area contributed by atoms with E-state index in [1.165, 1.54) is 27.5 Å². The highest BCUT2D eigenvalue weighted by molar-refractivity contribution is 5.74. The molecule has 30 heavy (non-hydrogen) atoms. The molecule has 0 saturated carbocycles. The lowest BCUT2D eigenvalue weighted by Gasteiger charge is -2.15. The molecule has 0 radical (unpaired) electrons. The smallest absolute Gasteiger partial charge is 0.308 e. The summed E-state index contributed by atoms with van der Waals surface area (Å²) in [6.45, 7) is 0. The van der Waals surface area contributed by atoms with E-state index >= 15 is 0 Å². The summed E-state index contributed by atoms with van der Waals surface area (Å²) in [6, 6.07) is 8.76. The van der Waals surface area contributed by atoms with Crippen LogP contribution < -0.4 is 24.8 Å². The molecule has 3 aromatic rings. The number of aliphatic carboxylic acids is 1. The molecule has 0 fully saturated rings. The number of nitrogens with zero attached hydrogens (tertiary/aromatic N) is 3. The fourth-order valence-electron chi connectivity index (χ4n) is 2.71. The van der Waals surface area contributed by atoms with Gasteiger partial charge in [0.15, 0.2) is 11.5 Å². The van der Waals surface area contributed by atoms with Crippen molar-refractivity contribution in [3.8, 4) is 17.2 Å². The zero-order valence-electron chi connectivity index (χ0n) is 16.7. The number of carboxylic acid groups (broad SMARTS) is 1. The Morgan fingerprint density at radius 1 is 1.03 bits per heavy atom. The Bertz CT molecular complexity index is 1000. The van der Waals surface area contributed by atoms with Gasteiger partial charge in [0.1, 0.15) is 11.6 Å². The molecule has 1 aromatic carbocycles. The Balaban J connectivity index is 1.94. The number of methoxy groups -OCH3 is 3. The van der Waals surface area contributed by atoms with E-state index in [0.717, 1.165) is 0 Å². The number of hydrogen-bond acceptors (Lipinski definition) is 9. The normalized spacial score (nSPS) is 10.2. The van der Waals surface area contributed by atoms with Gasteiger partial charge in [0, 0.05) is 35.8 Å². The van der Waals surface area contributed by atoms with Crippen molar-refractivity contribution in [2.24, 2.45) is 0 Å². The first-order valence-corrected chi connectivity index (χ1v) is 8.86. The highest BCUT2D eigenvalue weighted by atomic mass is 16.5. The molecule has 10 nitrogen and oxygen atoms in total. The van der Waals surface area contributed by atoms with E-state index in [-0.39, 0.29) is 12.4 Å². The number of benzene rings is 1. The van der Waals surface area contributed by atoms with Crippen molar-refractivity contribution < 1.29 is 24.1 Å². The zero-order chi connectivity index (χ0) is 21.5. The highest BCUT2D eigenvalue weighted by Gasteiger charge is 2.15. The largest absolute Gasteiger partial charge is 0.493 e.